The Balaban J connectivity index is 1.67. The zero-order valence-corrected chi connectivity index (χ0v) is 15.4. The summed E-state index contributed by atoms with van der Waals surface area (Å²) in [4.78, 5) is 30.4. The molecule has 2 fully saturated rings. The van der Waals surface area contributed by atoms with Gasteiger partial charge >= 0.3 is 0 Å². The van der Waals surface area contributed by atoms with E-state index in [4.69, 9.17) is 0 Å². The van der Waals surface area contributed by atoms with Crippen molar-refractivity contribution >= 4 is 17.5 Å². The number of piperidine rings is 1. The van der Waals surface area contributed by atoms with Gasteiger partial charge < -0.3 is 14.4 Å². The number of anilines is 1. The van der Waals surface area contributed by atoms with Gasteiger partial charge in [-0.3, -0.25) is 9.59 Å². The molecule has 5 nitrogen and oxygen atoms in total. The van der Waals surface area contributed by atoms with Crippen LogP contribution in [-0.4, -0.2) is 39.9 Å². The molecule has 1 spiro atoms. The summed E-state index contributed by atoms with van der Waals surface area (Å²) in [6.45, 7) is 3.41. The third-order valence-electron chi connectivity index (χ3n) is 5.86. The van der Waals surface area contributed by atoms with Gasteiger partial charge in [0.2, 0.25) is 0 Å². The maximum atomic E-state index is 13.5. The van der Waals surface area contributed by atoms with Crippen LogP contribution in [0.2, 0.25) is 0 Å². The van der Waals surface area contributed by atoms with Crippen molar-refractivity contribution < 1.29 is 9.59 Å². The Morgan fingerprint density at radius 3 is 2.38 bits per heavy atom. The van der Waals surface area contributed by atoms with Crippen LogP contribution in [0.5, 0.6) is 0 Å². The molecule has 2 aromatic rings. The van der Waals surface area contributed by atoms with Crippen molar-refractivity contribution in [2.45, 2.75) is 38.1 Å². The second-order valence-corrected chi connectivity index (χ2v) is 7.49. The van der Waals surface area contributed by atoms with Gasteiger partial charge in [-0.15, -0.1) is 0 Å². The first-order chi connectivity index (χ1) is 12.5. The van der Waals surface area contributed by atoms with Crippen molar-refractivity contribution in [3.8, 4) is 0 Å². The van der Waals surface area contributed by atoms with Gasteiger partial charge in [0.1, 0.15) is 11.2 Å². The second kappa shape index (κ2) is 6.31. The van der Waals surface area contributed by atoms with Crippen LogP contribution in [0.4, 0.5) is 5.69 Å². The highest BCUT2D eigenvalue weighted by Gasteiger charge is 2.53. The van der Waals surface area contributed by atoms with Crippen LogP contribution in [0.25, 0.3) is 0 Å². The van der Waals surface area contributed by atoms with Crippen LogP contribution in [0.15, 0.2) is 42.6 Å². The van der Waals surface area contributed by atoms with E-state index in [0.717, 1.165) is 37.9 Å². The fourth-order valence-corrected chi connectivity index (χ4v) is 4.44. The van der Waals surface area contributed by atoms with Crippen molar-refractivity contribution in [1.29, 1.82) is 0 Å². The van der Waals surface area contributed by atoms with E-state index in [1.54, 1.807) is 0 Å². The summed E-state index contributed by atoms with van der Waals surface area (Å²) in [5.41, 5.74) is 2.06. The number of aryl methyl sites for hydroxylation is 2. The highest BCUT2D eigenvalue weighted by molar-refractivity contribution is 6.05. The van der Waals surface area contributed by atoms with Gasteiger partial charge in [-0.25, -0.2) is 0 Å². The van der Waals surface area contributed by atoms with Crippen LogP contribution in [0.3, 0.4) is 0 Å². The van der Waals surface area contributed by atoms with Gasteiger partial charge in [-0.05, 0) is 56.9 Å². The lowest BCUT2D eigenvalue weighted by Gasteiger charge is -2.44. The Kier molecular flexibility index (Phi) is 4.10. The highest BCUT2D eigenvalue weighted by atomic mass is 16.2. The largest absolute Gasteiger partial charge is 0.347 e. The van der Waals surface area contributed by atoms with Crippen molar-refractivity contribution in [3.05, 3.63) is 53.9 Å². The molecule has 2 saturated heterocycles. The molecule has 0 bridgehead atoms. The van der Waals surface area contributed by atoms with Crippen LogP contribution in [0.1, 0.15) is 41.7 Å². The minimum atomic E-state index is -0.690. The summed E-state index contributed by atoms with van der Waals surface area (Å²) in [7, 11) is 1.87. The minimum Gasteiger partial charge on any atom is -0.347 e. The molecule has 1 atom stereocenters. The Morgan fingerprint density at radius 2 is 1.73 bits per heavy atom. The van der Waals surface area contributed by atoms with E-state index in [0.29, 0.717) is 12.2 Å². The normalized spacial score (nSPS) is 23.1. The number of amides is 2. The number of hydrogen-bond donors (Lipinski definition) is 0. The molecule has 0 N–H and O–H groups in total. The van der Waals surface area contributed by atoms with Crippen LogP contribution >= 0.6 is 0 Å². The van der Waals surface area contributed by atoms with E-state index in [-0.39, 0.29) is 11.8 Å². The summed E-state index contributed by atoms with van der Waals surface area (Å²) < 4.78 is 1.83. The lowest BCUT2D eigenvalue weighted by Crippen LogP contribution is -2.61. The van der Waals surface area contributed by atoms with E-state index in [9.17, 15) is 9.59 Å². The number of carbonyl (C=O) groups excluding carboxylic acids is 2. The molecule has 0 saturated carbocycles. The molecule has 0 aliphatic carbocycles. The van der Waals surface area contributed by atoms with Crippen molar-refractivity contribution in [3.63, 3.8) is 0 Å². The molecule has 26 heavy (non-hydrogen) atoms. The first-order valence-corrected chi connectivity index (χ1v) is 9.35. The Hall–Kier alpha value is -2.56. The lowest BCUT2D eigenvalue weighted by molar-refractivity contribution is -0.130. The number of carbonyl (C=O) groups is 2. The number of aromatic nitrogens is 1. The third kappa shape index (κ3) is 2.54. The second-order valence-electron chi connectivity index (χ2n) is 7.49. The molecule has 1 unspecified atom stereocenters. The summed E-state index contributed by atoms with van der Waals surface area (Å²) in [6.07, 6.45) is 5.17. The smallest absolute Gasteiger partial charge is 0.271 e. The third-order valence-corrected chi connectivity index (χ3v) is 5.86. The zero-order chi connectivity index (χ0) is 18.3. The predicted molar refractivity (Wildman–Crippen MR) is 101 cm³/mol. The number of rotatable bonds is 2. The van der Waals surface area contributed by atoms with Gasteiger partial charge in [-0.1, -0.05) is 17.7 Å². The van der Waals surface area contributed by atoms with Gasteiger partial charge in [0.25, 0.3) is 11.8 Å². The quantitative estimate of drug-likeness (QED) is 0.834. The molecule has 2 aliphatic heterocycles. The molecule has 2 aliphatic rings. The number of nitrogens with zero attached hydrogens (tertiary/aromatic N) is 3. The van der Waals surface area contributed by atoms with Gasteiger partial charge in [0.05, 0.1) is 0 Å². The molecule has 0 radical (unpaired) electrons. The van der Waals surface area contributed by atoms with E-state index >= 15 is 0 Å². The predicted octanol–water partition coefficient (Wildman–Crippen LogP) is 3.14. The summed E-state index contributed by atoms with van der Waals surface area (Å²) in [5.74, 6) is 0.0433. The molecule has 4 rings (SSSR count). The molecular formula is C21H25N3O2. The van der Waals surface area contributed by atoms with E-state index < -0.39 is 5.54 Å². The van der Waals surface area contributed by atoms with E-state index in [2.05, 4.69) is 0 Å². The maximum absolute atomic E-state index is 13.5. The number of likely N-dealkylation sites (tertiary alicyclic amines) is 1. The van der Waals surface area contributed by atoms with Crippen molar-refractivity contribution in [1.82, 2.24) is 9.47 Å². The highest BCUT2D eigenvalue weighted by Crippen LogP contribution is 2.40. The molecule has 136 valence electrons. The summed E-state index contributed by atoms with van der Waals surface area (Å²) >= 11 is 0. The summed E-state index contributed by atoms with van der Waals surface area (Å²) in [5, 5.41) is 0. The SMILES string of the molecule is Cc1ccc(N2CCCC3(CCCN3C(=O)c3cccn3C)C2=O)cc1. The van der Waals surface area contributed by atoms with Gasteiger partial charge in [-0.2, -0.15) is 0 Å². The zero-order valence-electron chi connectivity index (χ0n) is 15.4. The lowest BCUT2D eigenvalue weighted by atomic mass is 9.85. The first kappa shape index (κ1) is 16.9. The standard InChI is InChI=1S/C21H25N3O2/c1-16-7-9-17(10-8-16)23-14-4-11-21(20(23)26)12-5-15-24(21)19(25)18-6-3-13-22(18)2/h3,6-10,13H,4-5,11-12,14-15H2,1-2H3. The molecular weight excluding hydrogens is 326 g/mol. The Bertz CT molecular complexity index is 839. The van der Waals surface area contributed by atoms with E-state index in [1.165, 1.54) is 5.56 Å². The van der Waals surface area contributed by atoms with Crippen molar-refractivity contribution in [2.24, 2.45) is 7.05 Å². The van der Waals surface area contributed by atoms with Gasteiger partial charge in [0.15, 0.2) is 0 Å². The molecule has 5 heteroatoms. The average Bonchev–Trinajstić information content (AvgIpc) is 3.25. The topological polar surface area (TPSA) is 45.5 Å². The molecule has 1 aromatic heterocycles. The Labute approximate surface area is 154 Å². The van der Waals surface area contributed by atoms with E-state index in [1.807, 2.05) is 70.9 Å². The monoisotopic (exact) mass is 351 g/mol. The molecule has 1 aromatic carbocycles. The van der Waals surface area contributed by atoms with Crippen molar-refractivity contribution in [2.75, 3.05) is 18.0 Å². The molecule has 2 amide bonds. The fourth-order valence-electron chi connectivity index (χ4n) is 4.44. The number of hydrogen-bond acceptors (Lipinski definition) is 2. The minimum absolute atomic E-state index is 0.0332. The van der Waals surface area contributed by atoms with Crippen LogP contribution in [-0.2, 0) is 11.8 Å². The summed E-state index contributed by atoms with van der Waals surface area (Å²) in [6, 6.07) is 11.8. The van der Waals surface area contributed by atoms with Crippen LogP contribution < -0.4 is 4.90 Å². The fraction of sp³-hybridized carbons (Fsp3) is 0.429. The Morgan fingerprint density at radius 1 is 1.04 bits per heavy atom. The van der Waals surface area contributed by atoms with Gasteiger partial charge in [0, 0.05) is 32.0 Å². The average molecular weight is 351 g/mol. The molecule has 3 heterocycles. The first-order valence-electron chi connectivity index (χ1n) is 9.35. The number of benzene rings is 1. The van der Waals surface area contributed by atoms with Crippen LogP contribution in [0, 0.1) is 6.92 Å². The maximum Gasteiger partial charge on any atom is 0.271 e.